The first-order chi connectivity index (χ1) is 11.3. The molecule has 0 aliphatic heterocycles. The number of nitriles is 1. The van der Waals surface area contributed by atoms with Crippen LogP contribution in [0.1, 0.15) is 73.4 Å². The summed E-state index contributed by atoms with van der Waals surface area (Å²) in [6.07, 6.45) is 5.03. The Balaban J connectivity index is 1.47. The minimum Gasteiger partial charge on any atom is -0.311 e. The van der Waals surface area contributed by atoms with Crippen LogP contribution >= 0.6 is 0 Å². The van der Waals surface area contributed by atoms with Gasteiger partial charge in [0.2, 0.25) is 0 Å². The van der Waals surface area contributed by atoms with Crippen molar-refractivity contribution >= 4 is 0 Å². The average Bonchev–Trinajstić information content (AvgIpc) is 3.51. The number of hydrogen-bond acceptors (Lipinski definition) is 4. The zero-order valence-corrected chi connectivity index (χ0v) is 13.4. The molecular formula is C18H21N5. The summed E-state index contributed by atoms with van der Waals surface area (Å²) in [5.74, 6) is 2.89. The summed E-state index contributed by atoms with van der Waals surface area (Å²) in [5.41, 5.74) is 1.83. The highest BCUT2D eigenvalue weighted by Crippen LogP contribution is 2.44. The van der Waals surface area contributed by atoms with Crippen LogP contribution in [0.3, 0.4) is 0 Å². The minimum absolute atomic E-state index is 0.178. The Morgan fingerprint density at radius 1 is 1.30 bits per heavy atom. The van der Waals surface area contributed by atoms with Gasteiger partial charge in [0.25, 0.3) is 0 Å². The molecule has 1 heterocycles. The minimum atomic E-state index is 0.178. The molecule has 0 spiro atoms. The van der Waals surface area contributed by atoms with E-state index < -0.39 is 0 Å². The monoisotopic (exact) mass is 307 g/mol. The molecule has 2 aliphatic carbocycles. The number of benzene rings is 1. The predicted octanol–water partition coefficient (Wildman–Crippen LogP) is 3.21. The van der Waals surface area contributed by atoms with Crippen molar-refractivity contribution in [3.8, 4) is 6.07 Å². The second-order valence-corrected chi connectivity index (χ2v) is 6.69. The largest absolute Gasteiger partial charge is 0.311 e. The highest BCUT2D eigenvalue weighted by atomic mass is 15.3. The van der Waals surface area contributed by atoms with Gasteiger partial charge in [-0.2, -0.15) is 5.26 Å². The lowest BCUT2D eigenvalue weighted by Crippen LogP contribution is -2.21. The Morgan fingerprint density at radius 3 is 2.83 bits per heavy atom. The van der Waals surface area contributed by atoms with Gasteiger partial charge in [-0.05, 0) is 50.3 Å². The molecule has 5 heteroatoms. The SMILES string of the molecule is C[C@H](NCc1nnc(C2CC2)n1C1CC1)c1cccc(C#N)c1. The fourth-order valence-electron chi connectivity index (χ4n) is 3.05. The summed E-state index contributed by atoms with van der Waals surface area (Å²) in [5, 5.41) is 21.4. The molecule has 2 aromatic rings. The molecule has 0 unspecified atom stereocenters. The highest BCUT2D eigenvalue weighted by molar-refractivity contribution is 5.34. The van der Waals surface area contributed by atoms with Crippen molar-refractivity contribution < 1.29 is 0 Å². The van der Waals surface area contributed by atoms with E-state index in [0.717, 1.165) is 11.4 Å². The molecule has 0 bridgehead atoms. The topological polar surface area (TPSA) is 66.5 Å². The first-order valence-corrected chi connectivity index (χ1v) is 8.43. The van der Waals surface area contributed by atoms with Gasteiger partial charge in [0.15, 0.2) is 0 Å². The van der Waals surface area contributed by atoms with Crippen molar-refractivity contribution in [1.29, 1.82) is 5.26 Å². The standard InChI is InChI=1S/C18H21N5/c1-12(15-4-2-3-13(9-15)10-19)20-11-17-21-22-18(14-5-6-14)23(17)16-7-8-16/h2-4,9,12,14,16,20H,5-8,11H2,1H3/t12-/m0/s1. The zero-order chi connectivity index (χ0) is 15.8. The molecule has 4 rings (SSSR count). The molecule has 0 saturated heterocycles. The van der Waals surface area contributed by atoms with E-state index in [1.54, 1.807) is 0 Å². The third-order valence-electron chi connectivity index (χ3n) is 4.73. The van der Waals surface area contributed by atoms with Gasteiger partial charge in [0.05, 0.1) is 18.2 Å². The highest BCUT2D eigenvalue weighted by Gasteiger charge is 2.36. The van der Waals surface area contributed by atoms with E-state index in [1.165, 1.54) is 31.5 Å². The van der Waals surface area contributed by atoms with Crippen LogP contribution in [0.2, 0.25) is 0 Å². The van der Waals surface area contributed by atoms with Gasteiger partial charge >= 0.3 is 0 Å². The van der Waals surface area contributed by atoms with Gasteiger partial charge in [0, 0.05) is 18.0 Å². The summed E-state index contributed by atoms with van der Waals surface area (Å²) in [6.45, 7) is 2.84. The summed E-state index contributed by atoms with van der Waals surface area (Å²) in [4.78, 5) is 0. The summed E-state index contributed by atoms with van der Waals surface area (Å²) < 4.78 is 2.38. The second kappa shape index (κ2) is 5.78. The van der Waals surface area contributed by atoms with Crippen molar-refractivity contribution in [2.75, 3.05) is 0 Å². The Kier molecular flexibility index (Phi) is 3.62. The number of nitrogens with one attached hydrogen (secondary N) is 1. The van der Waals surface area contributed by atoms with E-state index in [9.17, 15) is 0 Å². The van der Waals surface area contributed by atoms with E-state index >= 15 is 0 Å². The quantitative estimate of drug-likeness (QED) is 0.890. The lowest BCUT2D eigenvalue weighted by molar-refractivity contribution is 0.532. The first kappa shape index (κ1) is 14.4. The van der Waals surface area contributed by atoms with E-state index in [0.29, 0.717) is 24.1 Å². The molecular weight excluding hydrogens is 286 g/mol. The van der Waals surface area contributed by atoms with Gasteiger partial charge in [-0.3, -0.25) is 0 Å². The van der Waals surface area contributed by atoms with E-state index in [-0.39, 0.29) is 6.04 Å². The third-order valence-corrected chi connectivity index (χ3v) is 4.73. The van der Waals surface area contributed by atoms with Gasteiger partial charge in [-0.15, -0.1) is 10.2 Å². The van der Waals surface area contributed by atoms with Crippen LogP contribution in [0.4, 0.5) is 0 Å². The Bertz CT molecular complexity index is 749. The summed E-state index contributed by atoms with van der Waals surface area (Å²) in [7, 11) is 0. The summed E-state index contributed by atoms with van der Waals surface area (Å²) >= 11 is 0. The molecule has 118 valence electrons. The van der Waals surface area contributed by atoms with Gasteiger partial charge in [0.1, 0.15) is 11.6 Å². The maximum absolute atomic E-state index is 9.02. The van der Waals surface area contributed by atoms with Crippen LogP contribution in [0, 0.1) is 11.3 Å². The van der Waals surface area contributed by atoms with Crippen molar-refractivity contribution in [3.05, 3.63) is 47.0 Å². The molecule has 0 radical (unpaired) electrons. The zero-order valence-electron chi connectivity index (χ0n) is 13.4. The predicted molar refractivity (Wildman–Crippen MR) is 86.7 cm³/mol. The fourth-order valence-corrected chi connectivity index (χ4v) is 3.05. The van der Waals surface area contributed by atoms with E-state index in [4.69, 9.17) is 5.26 Å². The average molecular weight is 307 g/mol. The Hall–Kier alpha value is -2.19. The molecule has 2 aliphatic rings. The van der Waals surface area contributed by atoms with Crippen LogP contribution in [0.5, 0.6) is 0 Å². The Morgan fingerprint density at radius 2 is 2.13 bits per heavy atom. The molecule has 1 aromatic carbocycles. The molecule has 2 saturated carbocycles. The van der Waals surface area contributed by atoms with Crippen molar-refractivity contribution in [2.24, 2.45) is 0 Å². The van der Waals surface area contributed by atoms with Crippen molar-refractivity contribution in [3.63, 3.8) is 0 Å². The summed E-state index contributed by atoms with van der Waals surface area (Å²) in [6, 6.07) is 10.8. The maximum Gasteiger partial charge on any atom is 0.147 e. The lowest BCUT2D eigenvalue weighted by atomic mass is 10.1. The first-order valence-electron chi connectivity index (χ1n) is 8.43. The van der Waals surface area contributed by atoms with E-state index in [2.05, 4.69) is 39.1 Å². The van der Waals surface area contributed by atoms with Gasteiger partial charge in [-0.25, -0.2) is 0 Å². The number of aromatic nitrogens is 3. The number of nitrogens with zero attached hydrogens (tertiary/aromatic N) is 4. The Labute approximate surface area is 136 Å². The van der Waals surface area contributed by atoms with Crippen LogP contribution in [-0.2, 0) is 6.54 Å². The normalized spacial score (nSPS) is 18.6. The van der Waals surface area contributed by atoms with Crippen LogP contribution in [-0.4, -0.2) is 14.8 Å². The van der Waals surface area contributed by atoms with Crippen molar-refractivity contribution in [1.82, 2.24) is 20.1 Å². The van der Waals surface area contributed by atoms with Crippen LogP contribution in [0.15, 0.2) is 24.3 Å². The van der Waals surface area contributed by atoms with Crippen molar-refractivity contribution in [2.45, 2.75) is 57.2 Å². The van der Waals surface area contributed by atoms with Crippen LogP contribution < -0.4 is 5.32 Å². The molecule has 1 aromatic heterocycles. The molecule has 5 nitrogen and oxygen atoms in total. The smallest absolute Gasteiger partial charge is 0.147 e. The van der Waals surface area contributed by atoms with Gasteiger partial charge in [-0.1, -0.05) is 12.1 Å². The molecule has 1 atom stereocenters. The maximum atomic E-state index is 9.02. The van der Waals surface area contributed by atoms with Gasteiger partial charge < -0.3 is 9.88 Å². The molecule has 23 heavy (non-hydrogen) atoms. The fraction of sp³-hybridized carbons (Fsp3) is 0.500. The van der Waals surface area contributed by atoms with Crippen LogP contribution in [0.25, 0.3) is 0 Å². The molecule has 1 N–H and O–H groups in total. The molecule has 0 amide bonds. The molecule has 2 fully saturated rings. The van der Waals surface area contributed by atoms with E-state index in [1.807, 2.05) is 18.2 Å². The second-order valence-electron chi connectivity index (χ2n) is 6.69. The number of hydrogen-bond donors (Lipinski definition) is 1. The lowest BCUT2D eigenvalue weighted by Gasteiger charge is -2.15. The third kappa shape index (κ3) is 2.99. The number of rotatable bonds is 6.